The predicted molar refractivity (Wildman–Crippen MR) is 74.3 cm³/mol. The number of aliphatic hydroxyl groups is 1. The molecular weight excluding hydrogens is 250 g/mol. The van der Waals surface area contributed by atoms with E-state index in [1.165, 1.54) is 0 Å². The molecule has 1 fully saturated rings. The first kappa shape index (κ1) is 13.7. The van der Waals surface area contributed by atoms with Crippen molar-refractivity contribution in [1.29, 1.82) is 0 Å². The average molecular weight is 270 g/mol. The number of hydrogen-bond donors (Lipinski definition) is 1. The first-order valence-electron chi connectivity index (χ1n) is 6.32. The van der Waals surface area contributed by atoms with E-state index < -0.39 is 6.10 Å². The fraction of sp³-hybridized carbons (Fsp3) is 0.571. The number of benzene rings is 1. The second-order valence-corrected chi connectivity index (χ2v) is 5.33. The van der Waals surface area contributed by atoms with E-state index in [9.17, 15) is 5.11 Å². The van der Waals surface area contributed by atoms with Crippen molar-refractivity contribution in [2.75, 3.05) is 18.6 Å². The lowest BCUT2D eigenvalue weighted by atomic mass is 10.1. The number of rotatable bonds is 3. The number of hydrogen-bond acceptors (Lipinski definition) is 3. The van der Waals surface area contributed by atoms with Crippen LogP contribution in [0.5, 0.6) is 0 Å². The van der Waals surface area contributed by atoms with Crippen LogP contribution in [-0.2, 0) is 4.74 Å². The van der Waals surface area contributed by atoms with Gasteiger partial charge in [0.1, 0.15) is 0 Å². The third-order valence-electron chi connectivity index (χ3n) is 3.68. The summed E-state index contributed by atoms with van der Waals surface area (Å²) in [4.78, 5) is 2.20. The zero-order valence-corrected chi connectivity index (χ0v) is 11.8. The number of ether oxygens (including phenoxy) is 1. The monoisotopic (exact) mass is 269 g/mol. The molecule has 1 aliphatic heterocycles. The van der Waals surface area contributed by atoms with Crippen LogP contribution in [0.25, 0.3) is 0 Å². The van der Waals surface area contributed by atoms with Crippen molar-refractivity contribution in [1.82, 2.24) is 0 Å². The largest absolute Gasteiger partial charge is 0.389 e. The van der Waals surface area contributed by atoms with Gasteiger partial charge in [-0.25, -0.2) is 0 Å². The van der Waals surface area contributed by atoms with Crippen molar-refractivity contribution in [2.24, 2.45) is 0 Å². The maximum Gasteiger partial charge on any atom is 0.0776 e. The second-order valence-electron chi connectivity index (χ2n) is 4.92. The molecule has 100 valence electrons. The lowest BCUT2D eigenvalue weighted by molar-refractivity contribution is 0.118. The third-order valence-corrected chi connectivity index (χ3v) is 4.00. The Bertz CT molecular complexity index is 422. The summed E-state index contributed by atoms with van der Waals surface area (Å²) in [5.41, 5.74) is 1.83. The summed E-state index contributed by atoms with van der Waals surface area (Å²) < 4.78 is 5.59. The van der Waals surface area contributed by atoms with Crippen LogP contribution in [0, 0.1) is 0 Å². The summed E-state index contributed by atoms with van der Waals surface area (Å²) in [5, 5.41) is 10.2. The molecule has 0 spiro atoms. The van der Waals surface area contributed by atoms with Crippen LogP contribution in [0.15, 0.2) is 18.2 Å². The van der Waals surface area contributed by atoms with Crippen LogP contribution < -0.4 is 4.90 Å². The molecular formula is C14H20ClNO2. The number of nitrogens with zero attached hydrogens (tertiary/aromatic N) is 1. The molecule has 1 aromatic carbocycles. The van der Waals surface area contributed by atoms with Crippen molar-refractivity contribution in [3.8, 4) is 0 Å². The molecule has 2 rings (SSSR count). The van der Waals surface area contributed by atoms with Gasteiger partial charge >= 0.3 is 0 Å². The van der Waals surface area contributed by atoms with Crippen LogP contribution in [-0.4, -0.2) is 30.9 Å². The molecule has 4 heteroatoms. The molecule has 0 radical (unpaired) electrons. The minimum atomic E-state index is -0.536. The Kier molecular flexibility index (Phi) is 4.15. The SMILES string of the molecule is CC(O)c1ccc(N(C)C2CCOC2C)cc1Cl. The standard InChI is InChI=1S/C14H20ClNO2/c1-9(17)12-5-4-11(8-13(12)15)16(3)14-6-7-18-10(14)2/h4-5,8-10,14,17H,6-7H2,1-3H3. The molecule has 0 bridgehead atoms. The van der Waals surface area contributed by atoms with Gasteiger partial charge in [-0.2, -0.15) is 0 Å². The summed E-state index contributed by atoms with van der Waals surface area (Å²) in [6.07, 6.45) is 0.740. The van der Waals surface area contributed by atoms with Gasteiger partial charge in [-0.05, 0) is 38.0 Å². The van der Waals surface area contributed by atoms with Gasteiger partial charge in [0.2, 0.25) is 0 Å². The molecule has 3 nitrogen and oxygen atoms in total. The Morgan fingerprint density at radius 2 is 2.22 bits per heavy atom. The summed E-state index contributed by atoms with van der Waals surface area (Å²) in [5.74, 6) is 0. The van der Waals surface area contributed by atoms with E-state index in [1.807, 2.05) is 18.2 Å². The van der Waals surface area contributed by atoms with Crippen LogP contribution >= 0.6 is 11.6 Å². The minimum absolute atomic E-state index is 0.241. The molecule has 1 saturated heterocycles. The highest BCUT2D eigenvalue weighted by atomic mass is 35.5. The van der Waals surface area contributed by atoms with Gasteiger partial charge < -0.3 is 14.7 Å². The van der Waals surface area contributed by atoms with E-state index in [0.717, 1.165) is 24.3 Å². The molecule has 1 aromatic rings. The van der Waals surface area contributed by atoms with E-state index in [-0.39, 0.29) is 6.10 Å². The molecule has 1 N–H and O–H groups in total. The minimum Gasteiger partial charge on any atom is -0.389 e. The topological polar surface area (TPSA) is 32.7 Å². The summed E-state index contributed by atoms with van der Waals surface area (Å²) in [7, 11) is 2.06. The van der Waals surface area contributed by atoms with E-state index in [2.05, 4.69) is 18.9 Å². The molecule has 18 heavy (non-hydrogen) atoms. The summed E-state index contributed by atoms with van der Waals surface area (Å²) in [6, 6.07) is 6.19. The van der Waals surface area contributed by atoms with Crippen LogP contribution in [0.1, 0.15) is 31.9 Å². The number of aliphatic hydroxyl groups excluding tert-OH is 1. The maximum atomic E-state index is 9.57. The molecule has 3 unspecified atom stereocenters. The van der Waals surface area contributed by atoms with Gasteiger partial charge in [0, 0.05) is 24.4 Å². The van der Waals surface area contributed by atoms with E-state index in [4.69, 9.17) is 16.3 Å². The van der Waals surface area contributed by atoms with Crippen molar-refractivity contribution < 1.29 is 9.84 Å². The van der Waals surface area contributed by atoms with E-state index in [1.54, 1.807) is 6.92 Å². The van der Waals surface area contributed by atoms with Crippen molar-refractivity contribution in [3.05, 3.63) is 28.8 Å². The highest BCUT2D eigenvalue weighted by Crippen LogP contribution is 2.30. The third kappa shape index (κ3) is 2.63. The first-order valence-corrected chi connectivity index (χ1v) is 6.70. The Hall–Kier alpha value is -0.770. The summed E-state index contributed by atoms with van der Waals surface area (Å²) >= 11 is 6.19. The van der Waals surface area contributed by atoms with E-state index >= 15 is 0 Å². The fourth-order valence-corrected chi connectivity index (χ4v) is 2.83. The van der Waals surface area contributed by atoms with Crippen molar-refractivity contribution in [2.45, 2.75) is 38.5 Å². The highest BCUT2D eigenvalue weighted by molar-refractivity contribution is 6.31. The van der Waals surface area contributed by atoms with Gasteiger partial charge in [-0.3, -0.25) is 0 Å². The average Bonchev–Trinajstić information content (AvgIpc) is 2.74. The number of anilines is 1. The van der Waals surface area contributed by atoms with Crippen molar-refractivity contribution in [3.63, 3.8) is 0 Å². The Balaban J connectivity index is 2.21. The van der Waals surface area contributed by atoms with Crippen LogP contribution in [0.4, 0.5) is 5.69 Å². The molecule has 3 atom stereocenters. The molecule has 0 saturated carbocycles. The predicted octanol–water partition coefficient (Wildman–Crippen LogP) is 3.01. The Morgan fingerprint density at radius 3 is 2.72 bits per heavy atom. The smallest absolute Gasteiger partial charge is 0.0776 e. The molecule has 0 amide bonds. The summed E-state index contributed by atoms with van der Waals surface area (Å²) in [6.45, 7) is 4.63. The number of likely N-dealkylation sites (N-methyl/N-ethyl adjacent to an activating group) is 1. The van der Waals surface area contributed by atoms with Gasteiger partial charge in [-0.1, -0.05) is 17.7 Å². The van der Waals surface area contributed by atoms with E-state index in [0.29, 0.717) is 11.1 Å². The normalized spacial score (nSPS) is 25.2. The molecule has 0 aliphatic carbocycles. The number of halogens is 1. The fourth-order valence-electron chi connectivity index (χ4n) is 2.49. The van der Waals surface area contributed by atoms with Crippen molar-refractivity contribution >= 4 is 17.3 Å². The van der Waals surface area contributed by atoms with Gasteiger partial charge in [-0.15, -0.1) is 0 Å². The van der Waals surface area contributed by atoms with Gasteiger partial charge in [0.15, 0.2) is 0 Å². The zero-order chi connectivity index (χ0) is 13.3. The quantitative estimate of drug-likeness (QED) is 0.916. The Morgan fingerprint density at radius 1 is 1.50 bits per heavy atom. The maximum absolute atomic E-state index is 9.57. The molecule has 1 aliphatic rings. The lowest BCUT2D eigenvalue weighted by Gasteiger charge is -2.29. The Labute approximate surface area is 113 Å². The first-order chi connectivity index (χ1) is 8.50. The van der Waals surface area contributed by atoms with Gasteiger partial charge in [0.05, 0.1) is 18.2 Å². The molecule has 0 aromatic heterocycles. The highest BCUT2D eigenvalue weighted by Gasteiger charge is 2.28. The zero-order valence-electron chi connectivity index (χ0n) is 11.1. The lowest BCUT2D eigenvalue weighted by Crippen LogP contribution is -2.36. The molecule has 1 heterocycles. The second kappa shape index (κ2) is 5.47. The van der Waals surface area contributed by atoms with Crippen LogP contribution in [0.2, 0.25) is 5.02 Å². The van der Waals surface area contributed by atoms with Gasteiger partial charge in [0.25, 0.3) is 0 Å². The van der Waals surface area contributed by atoms with Crippen LogP contribution in [0.3, 0.4) is 0 Å².